The van der Waals surface area contributed by atoms with E-state index in [1.54, 1.807) is 0 Å². The van der Waals surface area contributed by atoms with Gasteiger partial charge < -0.3 is 4.42 Å². The van der Waals surface area contributed by atoms with Crippen LogP contribution in [0.3, 0.4) is 0 Å². The highest BCUT2D eigenvalue weighted by atomic mass is 32.1. The molecule has 1 atom stereocenters. The second-order valence-electron chi connectivity index (χ2n) is 4.64. The molecule has 0 fully saturated rings. The molecule has 0 spiro atoms. The third-order valence-electron chi connectivity index (χ3n) is 3.13. The second kappa shape index (κ2) is 5.52. The van der Waals surface area contributed by atoms with E-state index in [1.165, 1.54) is 24.5 Å². The minimum atomic E-state index is -4.46. The van der Waals surface area contributed by atoms with Crippen molar-refractivity contribution in [3.05, 3.63) is 52.9 Å². The van der Waals surface area contributed by atoms with Gasteiger partial charge in [-0.25, -0.2) is 4.98 Å². The van der Waals surface area contributed by atoms with Gasteiger partial charge in [-0.2, -0.15) is 18.4 Å². The van der Waals surface area contributed by atoms with Crippen LogP contribution in [0.1, 0.15) is 27.0 Å². The van der Waals surface area contributed by atoms with Crippen LogP contribution in [-0.2, 0) is 6.18 Å². The molecule has 1 aromatic carbocycles. The summed E-state index contributed by atoms with van der Waals surface area (Å²) in [6.45, 7) is 0. The van der Waals surface area contributed by atoms with Crippen LogP contribution in [0.25, 0.3) is 10.2 Å². The number of rotatable bonds is 3. The zero-order valence-electron chi connectivity index (χ0n) is 11.3. The maximum atomic E-state index is 12.7. The average molecular weight is 336 g/mol. The zero-order valence-corrected chi connectivity index (χ0v) is 12.1. The van der Waals surface area contributed by atoms with Crippen LogP contribution in [-0.4, -0.2) is 10.8 Å². The predicted octanol–water partition coefficient (Wildman–Crippen LogP) is 4.40. The van der Waals surface area contributed by atoms with E-state index in [2.05, 4.69) is 4.98 Å². The van der Waals surface area contributed by atoms with Crippen molar-refractivity contribution in [1.29, 1.82) is 5.26 Å². The molecule has 116 valence electrons. The van der Waals surface area contributed by atoms with E-state index >= 15 is 0 Å². The van der Waals surface area contributed by atoms with Crippen molar-refractivity contribution in [3.63, 3.8) is 0 Å². The lowest BCUT2D eigenvalue weighted by atomic mass is 10.1. The van der Waals surface area contributed by atoms with Gasteiger partial charge in [0.15, 0.2) is 11.7 Å². The Morgan fingerprint density at radius 1 is 1.35 bits per heavy atom. The molecule has 0 N–H and O–H groups in total. The number of ketones is 1. The number of Topliss-reactive ketones (excluding diaryl/α,β-unsaturated/α-hetero) is 1. The van der Waals surface area contributed by atoms with Crippen LogP contribution in [0.15, 0.2) is 41.0 Å². The smallest absolute Gasteiger partial charge is 0.416 e. The molecule has 0 radical (unpaired) electrons. The van der Waals surface area contributed by atoms with E-state index in [9.17, 15) is 23.2 Å². The van der Waals surface area contributed by atoms with Gasteiger partial charge in [0.25, 0.3) is 0 Å². The van der Waals surface area contributed by atoms with Crippen molar-refractivity contribution in [3.8, 4) is 6.07 Å². The summed E-state index contributed by atoms with van der Waals surface area (Å²) in [5.41, 5.74) is -0.489. The number of halogens is 3. The first-order valence-corrected chi connectivity index (χ1v) is 7.17. The van der Waals surface area contributed by atoms with Crippen molar-refractivity contribution >= 4 is 27.3 Å². The lowest BCUT2D eigenvalue weighted by Crippen LogP contribution is -2.10. The summed E-state index contributed by atoms with van der Waals surface area (Å²) >= 11 is 0.890. The van der Waals surface area contributed by atoms with Gasteiger partial charge in [0, 0.05) is 0 Å². The molecule has 0 amide bonds. The summed E-state index contributed by atoms with van der Waals surface area (Å²) in [5, 5.41) is 9.37. The Bertz CT molecular complexity index is 907. The van der Waals surface area contributed by atoms with Gasteiger partial charge in [0.05, 0.1) is 28.1 Å². The molecule has 23 heavy (non-hydrogen) atoms. The fourth-order valence-corrected chi connectivity index (χ4v) is 3.08. The summed E-state index contributed by atoms with van der Waals surface area (Å²) in [7, 11) is 0. The number of nitrogens with zero attached hydrogens (tertiary/aromatic N) is 2. The van der Waals surface area contributed by atoms with Gasteiger partial charge in [0.1, 0.15) is 5.01 Å². The summed E-state index contributed by atoms with van der Waals surface area (Å²) in [5.74, 6) is -1.78. The number of furan rings is 1. The van der Waals surface area contributed by atoms with Crippen molar-refractivity contribution in [2.75, 3.05) is 0 Å². The third-order valence-corrected chi connectivity index (χ3v) is 4.22. The van der Waals surface area contributed by atoms with Crippen LogP contribution < -0.4 is 0 Å². The van der Waals surface area contributed by atoms with Gasteiger partial charge in [0.2, 0.25) is 5.78 Å². The van der Waals surface area contributed by atoms with Gasteiger partial charge in [-0.3, -0.25) is 4.79 Å². The molecule has 2 heterocycles. The summed E-state index contributed by atoms with van der Waals surface area (Å²) < 4.78 is 43.4. The van der Waals surface area contributed by atoms with Crippen molar-refractivity contribution in [2.45, 2.75) is 12.1 Å². The topological polar surface area (TPSA) is 66.9 Å². The molecule has 2 aromatic heterocycles. The molecule has 0 aliphatic heterocycles. The van der Waals surface area contributed by atoms with Crippen LogP contribution in [0, 0.1) is 11.3 Å². The molecule has 3 aromatic rings. The summed E-state index contributed by atoms with van der Waals surface area (Å²) in [4.78, 5) is 16.3. The van der Waals surface area contributed by atoms with Crippen LogP contribution >= 0.6 is 11.3 Å². The van der Waals surface area contributed by atoms with Gasteiger partial charge in [-0.05, 0) is 30.3 Å². The Hall–Kier alpha value is -2.66. The SMILES string of the molecule is N#C[C@@H](C(=O)c1ccco1)c1nc2ccc(C(F)(F)F)cc2s1. The lowest BCUT2D eigenvalue weighted by Gasteiger charge is -2.04. The van der Waals surface area contributed by atoms with E-state index in [0.717, 1.165) is 23.5 Å². The number of alkyl halides is 3. The molecular weight excluding hydrogens is 329 g/mol. The molecule has 4 nitrogen and oxygen atoms in total. The first-order valence-electron chi connectivity index (χ1n) is 6.35. The number of thiazole rings is 1. The van der Waals surface area contributed by atoms with Crippen LogP contribution in [0.5, 0.6) is 0 Å². The number of carbonyl (C=O) groups is 1. The average Bonchev–Trinajstić information content (AvgIpc) is 3.15. The normalized spacial score (nSPS) is 13.0. The number of hydrogen-bond acceptors (Lipinski definition) is 5. The summed E-state index contributed by atoms with van der Waals surface area (Å²) in [6, 6.07) is 7.86. The quantitative estimate of drug-likeness (QED) is 0.665. The van der Waals surface area contributed by atoms with Gasteiger partial charge in [-0.15, -0.1) is 11.3 Å². The highest BCUT2D eigenvalue weighted by Crippen LogP contribution is 2.35. The number of benzene rings is 1. The van der Waals surface area contributed by atoms with E-state index in [1.807, 2.05) is 6.07 Å². The number of fused-ring (bicyclic) bond motifs is 1. The largest absolute Gasteiger partial charge is 0.461 e. The van der Waals surface area contributed by atoms with E-state index in [-0.39, 0.29) is 15.5 Å². The Kier molecular flexibility index (Phi) is 3.66. The molecule has 8 heteroatoms. The zero-order chi connectivity index (χ0) is 16.6. The van der Waals surface area contributed by atoms with E-state index in [4.69, 9.17) is 4.42 Å². The fourth-order valence-electron chi connectivity index (χ4n) is 2.03. The molecular formula is C15H7F3N2O2S. The first kappa shape index (κ1) is 15.2. The van der Waals surface area contributed by atoms with E-state index < -0.39 is 23.4 Å². The Morgan fingerprint density at radius 2 is 2.13 bits per heavy atom. The maximum absolute atomic E-state index is 12.7. The summed E-state index contributed by atoms with van der Waals surface area (Å²) in [6.07, 6.45) is -3.16. The standard InChI is InChI=1S/C15H7F3N2O2S/c16-15(17,18)8-3-4-10-12(6-8)23-14(20-10)9(7-19)13(21)11-2-1-5-22-11/h1-6,9H/t9-/m0/s1. The number of hydrogen-bond donors (Lipinski definition) is 0. The minimum Gasteiger partial charge on any atom is -0.461 e. The van der Waals surface area contributed by atoms with Crippen LogP contribution in [0.2, 0.25) is 0 Å². The number of aromatic nitrogens is 1. The monoisotopic (exact) mass is 336 g/mol. The molecule has 0 aliphatic carbocycles. The van der Waals surface area contributed by atoms with Crippen molar-refractivity contribution < 1.29 is 22.4 Å². The molecule has 0 saturated carbocycles. The Balaban J connectivity index is 2.02. The molecule has 0 bridgehead atoms. The van der Waals surface area contributed by atoms with Gasteiger partial charge >= 0.3 is 6.18 Å². The van der Waals surface area contributed by atoms with E-state index in [0.29, 0.717) is 5.52 Å². The maximum Gasteiger partial charge on any atom is 0.416 e. The first-order chi connectivity index (χ1) is 10.9. The van der Waals surface area contributed by atoms with Gasteiger partial charge in [-0.1, -0.05) is 0 Å². The molecule has 0 saturated heterocycles. The van der Waals surface area contributed by atoms with Crippen LogP contribution in [0.4, 0.5) is 13.2 Å². The minimum absolute atomic E-state index is 0.00628. The Morgan fingerprint density at radius 3 is 2.74 bits per heavy atom. The second-order valence-corrected chi connectivity index (χ2v) is 5.70. The van der Waals surface area contributed by atoms with Crippen molar-refractivity contribution in [1.82, 2.24) is 4.98 Å². The predicted molar refractivity (Wildman–Crippen MR) is 76.0 cm³/mol. The molecule has 0 aliphatic rings. The fraction of sp³-hybridized carbons (Fsp3) is 0.133. The number of nitriles is 1. The third kappa shape index (κ3) is 2.83. The molecule has 0 unspecified atom stereocenters. The highest BCUT2D eigenvalue weighted by Gasteiger charge is 2.32. The number of carbonyl (C=O) groups excluding carboxylic acids is 1. The van der Waals surface area contributed by atoms with Crippen molar-refractivity contribution in [2.24, 2.45) is 0 Å². The highest BCUT2D eigenvalue weighted by molar-refractivity contribution is 7.18. The Labute approximate surface area is 131 Å². The molecule has 3 rings (SSSR count). The lowest BCUT2D eigenvalue weighted by molar-refractivity contribution is -0.137.